The minimum Gasteiger partial charge on any atom is -0.383 e. The first-order valence-corrected chi connectivity index (χ1v) is 11.3. The predicted molar refractivity (Wildman–Crippen MR) is 130 cm³/mol. The van der Waals surface area contributed by atoms with Gasteiger partial charge in [-0.05, 0) is 49.9 Å². The van der Waals surface area contributed by atoms with Crippen molar-refractivity contribution in [3.05, 3.63) is 77.1 Å². The smallest absolute Gasteiger partial charge is 0.261 e. The van der Waals surface area contributed by atoms with Crippen molar-refractivity contribution in [1.29, 1.82) is 0 Å². The first kappa shape index (κ1) is 22.6. The molecule has 1 atom stereocenters. The molecular weight excluding hydrogens is 452 g/mol. The summed E-state index contributed by atoms with van der Waals surface area (Å²) in [4.78, 5) is 25.7. The van der Waals surface area contributed by atoms with Crippen LogP contribution in [0.2, 0.25) is 0 Å². The number of rotatable bonds is 3. The van der Waals surface area contributed by atoms with E-state index in [1.807, 2.05) is 10.7 Å². The lowest BCUT2D eigenvalue weighted by Gasteiger charge is -2.31. The molecule has 0 amide bonds. The van der Waals surface area contributed by atoms with Crippen LogP contribution in [0, 0.1) is 17.6 Å². The molecule has 8 nitrogen and oxygen atoms in total. The van der Waals surface area contributed by atoms with Gasteiger partial charge >= 0.3 is 0 Å². The summed E-state index contributed by atoms with van der Waals surface area (Å²) in [5.74, 6) is 0.144. The zero-order chi connectivity index (χ0) is 24.5. The fourth-order valence-corrected chi connectivity index (χ4v) is 4.32. The number of nitrogens with two attached hydrogens (primary N) is 1. The second kappa shape index (κ2) is 9.21. The van der Waals surface area contributed by atoms with Crippen molar-refractivity contribution < 1.29 is 8.78 Å². The number of aromatic amines is 1. The van der Waals surface area contributed by atoms with E-state index in [0.717, 1.165) is 5.65 Å². The molecule has 178 valence electrons. The van der Waals surface area contributed by atoms with Gasteiger partial charge in [0.15, 0.2) is 5.65 Å². The van der Waals surface area contributed by atoms with E-state index >= 15 is 0 Å². The molecule has 35 heavy (non-hydrogen) atoms. The van der Waals surface area contributed by atoms with Crippen LogP contribution in [0.25, 0.3) is 33.2 Å². The molecule has 3 N–H and O–H groups in total. The Kier molecular flexibility index (Phi) is 5.94. The number of benzene rings is 2. The van der Waals surface area contributed by atoms with Crippen molar-refractivity contribution in [2.24, 2.45) is 5.92 Å². The normalized spacial score (nSPS) is 14.4. The van der Waals surface area contributed by atoms with Gasteiger partial charge in [-0.1, -0.05) is 24.6 Å². The summed E-state index contributed by atoms with van der Waals surface area (Å²) in [5, 5.41) is 5.44. The highest BCUT2D eigenvalue weighted by Crippen LogP contribution is 2.39. The molecule has 3 aromatic heterocycles. The highest BCUT2D eigenvalue weighted by atomic mass is 19.1. The standard InChI is InChI=1S/C17H18FN5.C8H5FN2O/c1-10(11-4-2-5-11)23-17-14(16(19)20-9-21-17)15(22-23)12-6-3-7-13(18)8-12;9-5-2-1-3-6-7(5)8(12)11-4-10-6/h3,6-11H,2,4-5H2,1H3,(H2,19,20,21);1-4H,(H,10,11,12). The third kappa shape index (κ3) is 4.23. The molecule has 1 fully saturated rings. The zero-order valence-corrected chi connectivity index (χ0v) is 18.9. The van der Waals surface area contributed by atoms with Gasteiger partial charge in [-0.3, -0.25) is 4.79 Å². The molecule has 1 saturated carbocycles. The number of anilines is 1. The number of hydrogen-bond acceptors (Lipinski definition) is 6. The third-order valence-corrected chi connectivity index (χ3v) is 6.45. The molecule has 2 aromatic carbocycles. The van der Waals surface area contributed by atoms with Crippen LogP contribution >= 0.6 is 0 Å². The summed E-state index contributed by atoms with van der Waals surface area (Å²) in [6.07, 6.45) is 6.39. The first-order chi connectivity index (χ1) is 16.9. The Morgan fingerprint density at radius 3 is 2.60 bits per heavy atom. The van der Waals surface area contributed by atoms with Crippen molar-refractivity contribution in [2.75, 3.05) is 5.73 Å². The molecule has 0 bridgehead atoms. The Balaban J connectivity index is 0.000000178. The third-order valence-electron chi connectivity index (χ3n) is 6.45. The topological polar surface area (TPSA) is 115 Å². The van der Waals surface area contributed by atoms with Gasteiger partial charge in [-0.2, -0.15) is 5.10 Å². The van der Waals surface area contributed by atoms with Gasteiger partial charge in [-0.15, -0.1) is 0 Å². The molecule has 6 rings (SSSR count). The van der Waals surface area contributed by atoms with Crippen LogP contribution in [-0.4, -0.2) is 29.7 Å². The minimum absolute atomic E-state index is 0.0139. The van der Waals surface area contributed by atoms with E-state index < -0.39 is 11.4 Å². The highest BCUT2D eigenvalue weighted by Gasteiger charge is 2.29. The summed E-state index contributed by atoms with van der Waals surface area (Å²) in [6.45, 7) is 2.16. The van der Waals surface area contributed by atoms with E-state index in [-0.39, 0.29) is 17.2 Å². The molecule has 1 aliphatic carbocycles. The van der Waals surface area contributed by atoms with E-state index in [2.05, 4.69) is 26.9 Å². The number of H-pyrrole nitrogens is 1. The summed E-state index contributed by atoms with van der Waals surface area (Å²) < 4.78 is 28.5. The van der Waals surface area contributed by atoms with E-state index in [4.69, 9.17) is 10.8 Å². The predicted octanol–water partition coefficient (Wildman–Crippen LogP) is 4.64. The summed E-state index contributed by atoms with van der Waals surface area (Å²) >= 11 is 0. The van der Waals surface area contributed by atoms with Crippen LogP contribution in [0.5, 0.6) is 0 Å². The Bertz CT molecular complexity index is 1570. The average molecular weight is 476 g/mol. The van der Waals surface area contributed by atoms with Gasteiger partial charge in [0.1, 0.15) is 34.9 Å². The van der Waals surface area contributed by atoms with Crippen molar-refractivity contribution in [3.63, 3.8) is 0 Å². The molecular formula is C25H23F2N7O. The van der Waals surface area contributed by atoms with Crippen molar-refractivity contribution in [2.45, 2.75) is 32.2 Å². The van der Waals surface area contributed by atoms with Crippen LogP contribution in [0.15, 0.2) is 59.9 Å². The van der Waals surface area contributed by atoms with E-state index in [1.54, 1.807) is 12.1 Å². The molecule has 5 aromatic rings. The maximum atomic E-state index is 13.6. The number of nitrogens with one attached hydrogen (secondary N) is 1. The number of aromatic nitrogens is 6. The lowest BCUT2D eigenvalue weighted by Crippen LogP contribution is -2.23. The van der Waals surface area contributed by atoms with Crippen LogP contribution in [0.4, 0.5) is 14.6 Å². The molecule has 0 spiro atoms. The zero-order valence-electron chi connectivity index (χ0n) is 18.9. The highest BCUT2D eigenvalue weighted by molar-refractivity contribution is 5.98. The van der Waals surface area contributed by atoms with Crippen LogP contribution in [-0.2, 0) is 0 Å². The fraction of sp³-hybridized carbons (Fsp3) is 0.240. The quantitative estimate of drug-likeness (QED) is 0.393. The lowest BCUT2D eigenvalue weighted by molar-refractivity contribution is 0.214. The average Bonchev–Trinajstić information content (AvgIpc) is 3.20. The maximum absolute atomic E-state index is 13.6. The van der Waals surface area contributed by atoms with Gasteiger partial charge in [-0.25, -0.2) is 28.4 Å². The van der Waals surface area contributed by atoms with Crippen molar-refractivity contribution in [1.82, 2.24) is 29.7 Å². The molecule has 1 aliphatic rings. The summed E-state index contributed by atoms with van der Waals surface area (Å²) in [7, 11) is 0. The fourth-order valence-electron chi connectivity index (χ4n) is 4.32. The van der Waals surface area contributed by atoms with E-state index in [9.17, 15) is 13.6 Å². The maximum Gasteiger partial charge on any atom is 0.261 e. The number of nitrogen functional groups attached to an aromatic ring is 1. The Morgan fingerprint density at radius 1 is 1.09 bits per heavy atom. The van der Waals surface area contributed by atoms with Crippen molar-refractivity contribution in [3.8, 4) is 11.3 Å². The molecule has 0 radical (unpaired) electrons. The van der Waals surface area contributed by atoms with Gasteiger partial charge in [0, 0.05) is 5.56 Å². The molecule has 1 unspecified atom stereocenters. The largest absolute Gasteiger partial charge is 0.383 e. The lowest BCUT2D eigenvalue weighted by atomic mass is 9.80. The number of nitrogens with zero attached hydrogens (tertiary/aromatic N) is 5. The van der Waals surface area contributed by atoms with Crippen LogP contribution < -0.4 is 11.3 Å². The minimum atomic E-state index is -0.540. The Hall–Kier alpha value is -4.21. The number of fused-ring (bicyclic) bond motifs is 2. The van der Waals surface area contributed by atoms with Crippen LogP contribution in [0.1, 0.15) is 32.2 Å². The second-order valence-corrected chi connectivity index (χ2v) is 8.56. The molecule has 3 heterocycles. The summed E-state index contributed by atoms with van der Waals surface area (Å²) in [6, 6.07) is 11.0. The number of hydrogen-bond donors (Lipinski definition) is 2. The number of halogens is 2. The SMILES string of the molecule is CC(C1CCC1)n1nc(-c2cccc(F)c2)c2c(N)ncnc21.O=c1[nH]cnc2cccc(F)c12. The van der Waals surface area contributed by atoms with Gasteiger partial charge in [0.25, 0.3) is 5.56 Å². The molecule has 0 aliphatic heterocycles. The molecule has 0 saturated heterocycles. The first-order valence-electron chi connectivity index (χ1n) is 11.3. The van der Waals surface area contributed by atoms with E-state index in [0.29, 0.717) is 33.9 Å². The Morgan fingerprint density at radius 2 is 1.89 bits per heavy atom. The Labute approximate surface area is 198 Å². The van der Waals surface area contributed by atoms with Gasteiger partial charge in [0.2, 0.25) is 0 Å². The van der Waals surface area contributed by atoms with Crippen molar-refractivity contribution >= 4 is 27.8 Å². The van der Waals surface area contributed by atoms with Gasteiger partial charge in [0.05, 0.1) is 23.3 Å². The van der Waals surface area contributed by atoms with Gasteiger partial charge < -0.3 is 10.7 Å². The monoisotopic (exact) mass is 475 g/mol. The van der Waals surface area contributed by atoms with Crippen LogP contribution in [0.3, 0.4) is 0 Å². The summed E-state index contributed by atoms with van der Waals surface area (Å²) in [5.41, 5.74) is 8.05. The molecule has 10 heteroatoms. The second-order valence-electron chi connectivity index (χ2n) is 8.56. The van der Waals surface area contributed by atoms with E-state index in [1.165, 1.54) is 56.2 Å².